The summed E-state index contributed by atoms with van der Waals surface area (Å²) in [6, 6.07) is 0. The van der Waals surface area contributed by atoms with Crippen LogP contribution in [0.5, 0.6) is 0 Å². The van der Waals surface area contributed by atoms with Crippen molar-refractivity contribution in [1.29, 1.82) is 0 Å². The van der Waals surface area contributed by atoms with E-state index in [4.69, 9.17) is 5.11 Å². The summed E-state index contributed by atoms with van der Waals surface area (Å²) in [5.41, 5.74) is 0. The van der Waals surface area contributed by atoms with E-state index in [0.717, 1.165) is 6.08 Å². The second kappa shape index (κ2) is 3.21. The summed E-state index contributed by atoms with van der Waals surface area (Å²) in [6.45, 7) is 6.26. The van der Waals surface area contributed by atoms with Crippen LogP contribution in [0.25, 0.3) is 0 Å². The van der Waals surface area contributed by atoms with Crippen molar-refractivity contribution in [1.82, 2.24) is 5.32 Å². The monoisotopic (exact) mass is 114 g/mol. The number of amides is 1. The predicted octanol–water partition coefficient (Wildman–Crippen LogP) is -0.559. The Bertz CT molecular complexity index is 98.6. The van der Waals surface area contributed by atoms with Crippen LogP contribution in [0.15, 0.2) is 12.7 Å². The first-order chi connectivity index (χ1) is 3.66. The molecule has 1 unspecified atom stereocenters. The van der Waals surface area contributed by atoms with Crippen molar-refractivity contribution < 1.29 is 9.90 Å². The Labute approximate surface area is 48.0 Å². The maximum Gasteiger partial charge on any atom is 0.245 e. The Balaban J connectivity index is 3.39. The Morgan fingerprint density at radius 2 is 2.38 bits per heavy atom. The van der Waals surface area contributed by atoms with Crippen LogP contribution in [0, 0.1) is 6.92 Å². The molecule has 0 aromatic rings. The Morgan fingerprint density at radius 1 is 1.88 bits per heavy atom. The van der Waals surface area contributed by atoms with Crippen LogP contribution in [0.1, 0.15) is 0 Å². The van der Waals surface area contributed by atoms with Gasteiger partial charge in [-0.1, -0.05) is 6.58 Å². The van der Waals surface area contributed by atoms with Gasteiger partial charge in [0.1, 0.15) is 6.23 Å². The van der Waals surface area contributed by atoms with Crippen LogP contribution in [-0.2, 0) is 4.79 Å². The Morgan fingerprint density at radius 3 is 2.50 bits per heavy atom. The molecule has 0 rings (SSSR count). The number of hydrogen-bond donors (Lipinski definition) is 2. The highest BCUT2D eigenvalue weighted by Gasteiger charge is 1.95. The van der Waals surface area contributed by atoms with Crippen LogP contribution in [0.2, 0.25) is 0 Å². The number of carbonyl (C=O) groups excluding carboxylic acids is 1. The first-order valence-electron chi connectivity index (χ1n) is 2.11. The maximum atomic E-state index is 10.2. The van der Waals surface area contributed by atoms with Gasteiger partial charge in [0.15, 0.2) is 0 Å². The minimum atomic E-state index is -1.04. The smallest absolute Gasteiger partial charge is 0.245 e. The van der Waals surface area contributed by atoms with Gasteiger partial charge in [-0.2, -0.15) is 0 Å². The molecule has 8 heavy (non-hydrogen) atoms. The molecule has 2 N–H and O–H groups in total. The van der Waals surface area contributed by atoms with E-state index in [1.807, 2.05) is 0 Å². The van der Waals surface area contributed by atoms with E-state index in [0.29, 0.717) is 0 Å². The van der Waals surface area contributed by atoms with Gasteiger partial charge in [-0.15, -0.1) is 0 Å². The molecule has 45 valence electrons. The molecule has 0 aliphatic rings. The SMILES string of the molecule is [CH2]C(O)NC(=O)C=C. The van der Waals surface area contributed by atoms with Crippen molar-refractivity contribution in [3.63, 3.8) is 0 Å². The quantitative estimate of drug-likeness (QED) is 0.373. The fraction of sp³-hybridized carbons (Fsp3) is 0.200. The van der Waals surface area contributed by atoms with Crippen LogP contribution in [0.4, 0.5) is 0 Å². The van der Waals surface area contributed by atoms with E-state index >= 15 is 0 Å². The summed E-state index contributed by atoms with van der Waals surface area (Å²) >= 11 is 0. The van der Waals surface area contributed by atoms with Gasteiger partial charge in [0, 0.05) is 0 Å². The minimum absolute atomic E-state index is 0.424. The van der Waals surface area contributed by atoms with E-state index in [-0.39, 0.29) is 0 Å². The number of aliphatic hydroxyl groups excluding tert-OH is 1. The first-order valence-corrected chi connectivity index (χ1v) is 2.11. The lowest BCUT2D eigenvalue weighted by Crippen LogP contribution is -2.30. The van der Waals surface area contributed by atoms with Gasteiger partial charge in [0.2, 0.25) is 5.91 Å². The molecule has 1 radical (unpaired) electrons. The number of nitrogens with one attached hydrogen (secondary N) is 1. The summed E-state index contributed by atoms with van der Waals surface area (Å²) in [7, 11) is 0. The van der Waals surface area contributed by atoms with Gasteiger partial charge in [-0.3, -0.25) is 4.79 Å². The lowest BCUT2D eigenvalue weighted by molar-refractivity contribution is -0.118. The topological polar surface area (TPSA) is 49.3 Å². The first kappa shape index (κ1) is 7.17. The molecule has 0 saturated heterocycles. The summed E-state index contributed by atoms with van der Waals surface area (Å²) in [5.74, 6) is -0.424. The third-order valence-electron chi connectivity index (χ3n) is 0.494. The van der Waals surface area contributed by atoms with Gasteiger partial charge >= 0.3 is 0 Å². The summed E-state index contributed by atoms with van der Waals surface area (Å²) < 4.78 is 0. The highest BCUT2D eigenvalue weighted by Crippen LogP contribution is 1.70. The number of rotatable bonds is 2. The number of hydrogen-bond acceptors (Lipinski definition) is 2. The number of carbonyl (C=O) groups is 1. The van der Waals surface area contributed by atoms with Gasteiger partial charge < -0.3 is 10.4 Å². The average Bonchev–Trinajstić information content (AvgIpc) is 1.65. The largest absolute Gasteiger partial charge is 0.374 e. The maximum absolute atomic E-state index is 10.2. The van der Waals surface area contributed by atoms with Crippen molar-refractivity contribution in [2.45, 2.75) is 6.23 Å². The predicted molar refractivity (Wildman–Crippen MR) is 29.7 cm³/mol. The molecule has 1 atom stereocenters. The molecule has 0 spiro atoms. The molecule has 3 nitrogen and oxygen atoms in total. The van der Waals surface area contributed by atoms with E-state index in [1.165, 1.54) is 0 Å². The molecule has 3 heteroatoms. The van der Waals surface area contributed by atoms with Crippen LogP contribution in [0.3, 0.4) is 0 Å². The number of aliphatic hydroxyl groups is 1. The molecule has 0 aromatic heterocycles. The molecular weight excluding hydrogens is 106 g/mol. The standard InChI is InChI=1S/C5H8NO2/c1-3-5(8)6-4(2)7/h3-4,7H,1-2H2,(H,6,8). The minimum Gasteiger partial charge on any atom is -0.374 e. The molecular formula is C5H8NO2. The molecule has 0 aromatic carbocycles. The van der Waals surface area contributed by atoms with Crippen molar-refractivity contribution in [2.75, 3.05) is 0 Å². The van der Waals surface area contributed by atoms with E-state index in [1.54, 1.807) is 0 Å². The van der Waals surface area contributed by atoms with Crippen LogP contribution >= 0.6 is 0 Å². The average molecular weight is 114 g/mol. The molecule has 0 heterocycles. The van der Waals surface area contributed by atoms with Gasteiger partial charge in [-0.25, -0.2) is 0 Å². The third kappa shape index (κ3) is 3.36. The van der Waals surface area contributed by atoms with Crippen molar-refractivity contribution in [3.8, 4) is 0 Å². The molecule has 0 fully saturated rings. The zero-order chi connectivity index (χ0) is 6.57. The van der Waals surface area contributed by atoms with Crippen molar-refractivity contribution in [3.05, 3.63) is 19.6 Å². The fourth-order valence-corrected chi connectivity index (χ4v) is 0.223. The fourth-order valence-electron chi connectivity index (χ4n) is 0.223. The lowest BCUT2D eigenvalue weighted by Gasteiger charge is -2.01. The van der Waals surface area contributed by atoms with Crippen LogP contribution in [-0.4, -0.2) is 17.2 Å². The highest BCUT2D eigenvalue weighted by atomic mass is 16.3. The van der Waals surface area contributed by atoms with Crippen molar-refractivity contribution >= 4 is 5.91 Å². The molecule has 0 bridgehead atoms. The van der Waals surface area contributed by atoms with Gasteiger partial charge in [0.25, 0.3) is 0 Å². The molecule has 0 aliphatic heterocycles. The second-order valence-electron chi connectivity index (χ2n) is 1.23. The summed E-state index contributed by atoms with van der Waals surface area (Å²) in [4.78, 5) is 10.2. The van der Waals surface area contributed by atoms with Crippen molar-refractivity contribution in [2.24, 2.45) is 0 Å². The zero-order valence-electron chi connectivity index (χ0n) is 4.42. The van der Waals surface area contributed by atoms with E-state index in [2.05, 4.69) is 18.8 Å². The normalized spacial score (nSPS) is 12.2. The van der Waals surface area contributed by atoms with Gasteiger partial charge in [0.05, 0.1) is 0 Å². The third-order valence-corrected chi connectivity index (χ3v) is 0.494. The van der Waals surface area contributed by atoms with Crippen LogP contribution < -0.4 is 5.32 Å². The second-order valence-corrected chi connectivity index (χ2v) is 1.23. The zero-order valence-corrected chi connectivity index (χ0v) is 4.42. The molecule has 0 aliphatic carbocycles. The lowest BCUT2D eigenvalue weighted by atomic mass is 10.5. The Hall–Kier alpha value is -0.830. The summed E-state index contributed by atoms with van der Waals surface area (Å²) in [6.07, 6.45) is 0.0227. The summed E-state index contributed by atoms with van der Waals surface area (Å²) in [5, 5.41) is 10.4. The highest BCUT2D eigenvalue weighted by molar-refractivity contribution is 5.86. The molecule has 0 saturated carbocycles. The van der Waals surface area contributed by atoms with E-state index < -0.39 is 12.1 Å². The van der Waals surface area contributed by atoms with Gasteiger partial charge in [-0.05, 0) is 13.0 Å². The molecule has 1 amide bonds. The van der Waals surface area contributed by atoms with E-state index in [9.17, 15) is 4.79 Å². The Kier molecular flexibility index (Phi) is 2.88.